The number of rotatable bonds is 4. The lowest BCUT2D eigenvalue weighted by atomic mass is 9.92. The van der Waals surface area contributed by atoms with E-state index in [2.05, 4.69) is 66.7 Å². The number of benzene rings is 6. The molecule has 6 rings (SSSR count). The highest BCUT2D eigenvalue weighted by Gasteiger charge is 2.29. The summed E-state index contributed by atoms with van der Waals surface area (Å²) in [4.78, 5) is 0. The molecule has 0 amide bonds. The van der Waals surface area contributed by atoms with Gasteiger partial charge in [-0.05, 0) is 44.8 Å². The third kappa shape index (κ3) is 3.37. The first kappa shape index (κ1) is 20.7. The Bertz CT molecular complexity index is 1570. The number of hydrogen-bond acceptors (Lipinski definition) is 1. The summed E-state index contributed by atoms with van der Waals surface area (Å²) < 4.78 is 14.9. The van der Waals surface area contributed by atoms with Crippen LogP contribution in [0.2, 0.25) is 0 Å². The van der Waals surface area contributed by atoms with Crippen molar-refractivity contribution in [2.24, 2.45) is 0 Å². The monoisotopic (exact) mass is 454 g/mol. The van der Waals surface area contributed by atoms with Crippen molar-refractivity contribution in [3.8, 4) is 11.1 Å². The first-order chi connectivity index (χ1) is 16.7. The van der Waals surface area contributed by atoms with Gasteiger partial charge in [0.2, 0.25) is 0 Å². The third-order valence-corrected chi connectivity index (χ3v) is 9.57. The van der Waals surface area contributed by atoms with Gasteiger partial charge in [-0.15, -0.1) is 0 Å². The van der Waals surface area contributed by atoms with Crippen molar-refractivity contribution < 1.29 is 4.57 Å². The normalized spacial score (nSPS) is 11.6. The van der Waals surface area contributed by atoms with E-state index in [4.69, 9.17) is 0 Å². The Balaban J connectivity index is 1.65. The minimum absolute atomic E-state index is 0.847. The molecule has 0 atom stereocenters. The molecule has 6 aromatic rings. The fourth-order valence-corrected chi connectivity index (χ4v) is 7.60. The molecule has 0 saturated carbocycles. The third-order valence-electron chi connectivity index (χ3n) is 6.51. The van der Waals surface area contributed by atoms with E-state index >= 15 is 0 Å². The van der Waals surface area contributed by atoms with E-state index in [0.29, 0.717) is 0 Å². The van der Waals surface area contributed by atoms with Crippen LogP contribution in [0.3, 0.4) is 0 Å². The summed E-state index contributed by atoms with van der Waals surface area (Å²) in [5.74, 6) is 0. The smallest absolute Gasteiger partial charge is 0.171 e. The van der Waals surface area contributed by atoms with Crippen molar-refractivity contribution in [2.45, 2.75) is 0 Å². The van der Waals surface area contributed by atoms with E-state index in [1.165, 1.54) is 27.1 Å². The van der Waals surface area contributed by atoms with Crippen LogP contribution in [0.1, 0.15) is 0 Å². The predicted octanol–water partition coefficient (Wildman–Crippen LogP) is 7.30. The Hall–Kier alpha value is -3.93. The molecule has 0 heterocycles. The summed E-state index contributed by atoms with van der Waals surface area (Å²) in [5.41, 5.74) is 2.26. The molecular formula is C32H23OP. The quantitative estimate of drug-likeness (QED) is 0.202. The summed E-state index contributed by atoms with van der Waals surface area (Å²) in [6.45, 7) is 0. The van der Waals surface area contributed by atoms with Crippen LogP contribution in [0.15, 0.2) is 140 Å². The van der Waals surface area contributed by atoms with Crippen LogP contribution < -0.4 is 15.9 Å². The maximum absolute atomic E-state index is 14.9. The van der Waals surface area contributed by atoms with Crippen molar-refractivity contribution in [3.05, 3.63) is 140 Å². The van der Waals surface area contributed by atoms with Gasteiger partial charge in [0, 0.05) is 15.9 Å². The highest BCUT2D eigenvalue weighted by molar-refractivity contribution is 7.85. The molecule has 0 spiro atoms. The molecule has 0 fully saturated rings. The zero-order valence-electron chi connectivity index (χ0n) is 18.6. The average Bonchev–Trinajstić information content (AvgIpc) is 2.92. The standard InChI is InChI=1S/C32H23OP/c33-34(27-15-3-1-4-16-27,28-17-5-2-6-18-28)29-19-11-14-26(23-29)32-30-20-9-7-12-24(30)22-25-13-8-10-21-31(25)32/h1-23H. The molecule has 0 saturated heterocycles. The van der Waals surface area contributed by atoms with Gasteiger partial charge >= 0.3 is 0 Å². The van der Waals surface area contributed by atoms with Gasteiger partial charge in [-0.1, -0.05) is 127 Å². The topological polar surface area (TPSA) is 17.1 Å². The first-order valence-corrected chi connectivity index (χ1v) is 13.2. The Morgan fingerprint density at radius 1 is 0.412 bits per heavy atom. The highest BCUT2D eigenvalue weighted by atomic mass is 31.2. The van der Waals surface area contributed by atoms with Gasteiger partial charge in [0.1, 0.15) is 0 Å². The van der Waals surface area contributed by atoms with Crippen LogP contribution in [0, 0.1) is 0 Å². The molecule has 0 aliphatic heterocycles. The molecule has 0 aliphatic carbocycles. The van der Waals surface area contributed by atoms with E-state index in [1.807, 2.05) is 72.8 Å². The minimum atomic E-state index is -3.04. The molecule has 0 aliphatic rings. The summed E-state index contributed by atoms with van der Waals surface area (Å²) >= 11 is 0. The van der Waals surface area contributed by atoms with Gasteiger partial charge < -0.3 is 4.57 Å². The van der Waals surface area contributed by atoms with Crippen LogP contribution in [-0.2, 0) is 4.57 Å². The minimum Gasteiger partial charge on any atom is -0.309 e. The molecule has 1 nitrogen and oxygen atoms in total. The van der Waals surface area contributed by atoms with E-state index in [1.54, 1.807) is 0 Å². The van der Waals surface area contributed by atoms with Crippen molar-refractivity contribution in [3.63, 3.8) is 0 Å². The zero-order chi connectivity index (χ0) is 23.0. The lowest BCUT2D eigenvalue weighted by Gasteiger charge is -2.21. The van der Waals surface area contributed by atoms with Gasteiger partial charge in [0.15, 0.2) is 7.14 Å². The van der Waals surface area contributed by atoms with Gasteiger partial charge in [-0.3, -0.25) is 0 Å². The Morgan fingerprint density at radius 2 is 0.882 bits per heavy atom. The second-order valence-corrected chi connectivity index (χ2v) is 11.3. The molecule has 34 heavy (non-hydrogen) atoms. The van der Waals surface area contributed by atoms with E-state index in [0.717, 1.165) is 21.5 Å². The second-order valence-electron chi connectivity index (χ2n) is 8.52. The van der Waals surface area contributed by atoms with Crippen LogP contribution in [0.4, 0.5) is 0 Å². The number of hydrogen-bond donors (Lipinski definition) is 0. The fourth-order valence-electron chi connectivity index (χ4n) is 4.91. The van der Waals surface area contributed by atoms with Crippen molar-refractivity contribution in [1.82, 2.24) is 0 Å². The van der Waals surface area contributed by atoms with E-state index in [9.17, 15) is 4.57 Å². The first-order valence-electron chi connectivity index (χ1n) is 11.5. The van der Waals surface area contributed by atoms with Crippen LogP contribution in [-0.4, -0.2) is 0 Å². The maximum Gasteiger partial charge on any atom is 0.171 e. The summed E-state index contributed by atoms with van der Waals surface area (Å²) in [6, 6.07) is 47.3. The fraction of sp³-hybridized carbons (Fsp3) is 0. The molecule has 0 aromatic heterocycles. The lowest BCUT2D eigenvalue weighted by molar-refractivity contribution is 0.592. The largest absolute Gasteiger partial charge is 0.309 e. The van der Waals surface area contributed by atoms with Crippen molar-refractivity contribution in [1.29, 1.82) is 0 Å². The predicted molar refractivity (Wildman–Crippen MR) is 146 cm³/mol. The Labute approximate surface area is 199 Å². The van der Waals surface area contributed by atoms with Crippen LogP contribution in [0.5, 0.6) is 0 Å². The summed E-state index contributed by atoms with van der Waals surface area (Å²) in [6.07, 6.45) is 0. The zero-order valence-corrected chi connectivity index (χ0v) is 19.5. The van der Waals surface area contributed by atoms with Gasteiger partial charge in [0.05, 0.1) is 0 Å². The van der Waals surface area contributed by atoms with Gasteiger partial charge in [-0.25, -0.2) is 0 Å². The molecule has 0 bridgehead atoms. The molecule has 0 unspecified atom stereocenters. The molecule has 6 aromatic carbocycles. The average molecular weight is 455 g/mol. The molecular weight excluding hydrogens is 431 g/mol. The highest BCUT2D eigenvalue weighted by Crippen LogP contribution is 2.44. The van der Waals surface area contributed by atoms with Crippen LogP contribution >= 0.6 is 7.14 Å². The SMILES string of the molecule is O=P(c1ccccc1)(c1ccccc1)c1cccc(-c2c3ccccc3cc3ccccc23)c1. The van der Waals surface area contributed by atoms with E-state index < -0.39 is 7.14 Å². The van der Waals surface area contributed by atoms with Crippen LogP contribution in [0.25, 0.3) is 32.7 Å². The maximum atomic E-state index is 14.9. The number of fused-ring (bicyclic) bond motifs is 2. The Morgan fingerprint density at radius 3 is 1.44 bits per heavy atom. The van der Waals surface area contributed by atoms with Gasteiger partial charge in [0.25, 0.3) is 0 Å². The molecule has 162 valence electrons. The van der Waals surface area contributed by atoms with E-state index in [-0.39, 0.29) is 0 Å². The second kappa shape index (κ2) is 8.45. The van der Waals surface area contributed by atoms with Crippen molar-refractivity contribution in [2.75, 3.05) is 0 Å². The lowest BCUT2D eigenvalue weighted by Crippen LogP contribution is -2.25. The Kier molecular flexibility index (Phi) is 5.13. The summed E-state index contributed by atoms with van der Waals surface area (Å²) in [5, 5.41) is 7.36. The van der Waals surface area contributed by atoms with Gasteiger partial charge in [-0.2, -0.15) is 0 Å². The van der Waals surface area contributed by atoms with Crippen molar-refractivity contribution >= 4 is 44.6 Å². The molecule has 0 N–H and O–H groups in total. The molecule has 0 radical (unpaired) electrons. The summed E-state index contributed by atoms with van der Waals surface area (Å²) in [7, 11) is -3.04. The molecule has 2 heteroatoms.